The fraction of sp³-hybridized carbons (Fsp3) is 0.294. The molecule has 0 radical (unpaired) electrons. The molecule has 1 amide bonds. The molecule has 1 atom stereocenters. The molecule has 1 aromatic carbocycles. The average molecular weight is 331 g/mol. The quantitative estimate of drug-likeness (QED) is 0.914. The first kappa shape index (κ1) is 15.6. The van der Waals surface area contributed by atoms with Crippen molar-refractivity contribution >= 4 is 23.2 Å². The molecule has 1 aromatic heterocycles. The zero-order valence-corrected chi connectivity index (χ0v) is 13.3. The second-order valence-electron chi connectivity index (χ2n) is 5.42. The van der Waals surface area contributed by atoms with Gasteiger partial charge in [-0.05, 0) is 53.4 Å². The summed E-state index contributed by atoms with van der Waals surface area (Å²) in [7, 11) is 0. The number of hydrogen-bond acceptors (Lipinski definition) is 4. The highest BCUT2D eigenvalue weighted by atomic mass is 32.1. The third-order valence-corrected chi connectivity index (χ3v) is 4.59. The minimum absolute atomic E-state index is 0.0422. The molecule has 2 aromatic rings. The standard InChI is InChI=1S/C17H17NO4S/c19-16(20)10-22-14-4-1-3-12(9-14)17(21)18-7-2-5-15(18)13-6-8-23-11-13/h1,3-4,6,8-9,11,15H,2,5,7,10H2,(H,19,20). The number of rotatable bonds is 5. The second-order valence-corrected chi connectivity index (χ2v) is 6.20. The number of ether oxygens (including phenoxy) is 1. The first-order valence-corrected chi connectivity index (χ1v) is 8.37. The van der Waals surface area contributed by atoms with Gasteiger partial charge in [-0.15, -0.1) is 0 Å². The number of benzene rings is 1. The molecule has 0 aliphatic carbocycles. The summed E-state index contributed by atoms with van der Waals surface area (Å²) in [5, 5.41) is 12.8. The van der Waals surface area contributed by atoms with Gasteiger partial charge in [-0.3, -0.25) is 4.79 Å². The molecule has 0 saturated carbocycles. The molecule has 1 saturated heterocycles. The zero-order chi connectivity index (χ0) is 16.2. The van der Waals surface area contributed by atoms with Crippen LogP contribution < -0.4 is 4.74 Å². The summed E-state index contributed by atoms with van der Waals surface area (Å²) in [5.74, 6) is -0.692. The Morgan fingerprint density at radius 3 is 2.96 bits per heavy atom. The fourth-order valence-electron chi connectivity index (χ4n) is 2.85. The number of likely N-dealkylation sites (tertiary alicyclic amines) is 1. The van der Waals surface area contributed by atoms with Crippen molar-refractivity contribution in [3.8, 4) is 5.75 Å². The van der Waals surface area contributed by atoms with Crippen molar-refractivity contribution in [2.75, 3.05) is 13.2 Å². The molecule has 0 spiro atoms. The van der Waals surface area contributed by atoms with Gasteiger partial charge in [0.05, 0.1) is 6.04 Å². The van der Waals surface area contributed by atoms with Crippen LogP contribution in [0.1, 0.15) is 34.8 Å². The molecule has 1 aliphatic heterocycles. The molecule has 1 aliphatic rings. The number of carboxylic acid groups (broad SMARTS) is 1. The Kier molecular flexibility index (Phi) is 4.62. The van der Waals surface area contributed by atoms with Gasteiger partial charge in [0.15, 0.2) is 6.61 Å². The summed E-state index contributed by atoms with van der Waals surface area (Å²) in [6.45, 7) is 0.318. The smallest absolute Gasteiger partial charge is 0.341 e. The first-order valence-electron chi connectivity index (χ1n) is 7.43. The number of hydrogen-bond donors (Lipinski definition) is 1. The van der Waals surface area contributed by atoms with Crippen LogP contribution >= 0.6 is 11.3 Å². The normalized spacial score (nSPS) is 17.2. The van der Waals surface area contributed by atoms with E-state index in [0.29, 0.717) is 11.3 Å². The van der Waals surface area contributed by atoms with Crippen LogP contribution in [0.3, 0.4) is 0 Å². The molecule has 120 valence electrons. The highest BCUT2D eigenvalue weighted by Crippen LogP contribution is 2.34. The lowest BCUT2D eigenvalue weighted by Gasteiger charge is -2.24. The van der Waals surface area contributed by atoms with Gasteiger partial charge < -0.3 is 14.7 Å². The fourth-order valence-corrected chi connectivity index (χ4v) is 3.56. The maximum absolute atomic E-state index is 12.8. The van der Waals surface area contributed by atoms with E-state index in [-0.39, 0.29) is 11.9 Å². The van der Waals surface area contributed by atoms with Gasteiger partial charge in [-0.2, -0.15) is 11.3 Å². The highest BCUT2D eigenvalue weighted by molar-refractivity contribution is 7.08. The Labute approximate surface area is 138 Å². The highest BCUT2D eigenvalue weighted by Gasteiger charge is 2.30. The van der Waals surface area contributed by atoms with E-state index in [1.54, 1.807) is 35.6 Å². The number of amides is 1. The van der Waals surface area contributed by atoms with Crippen LogP contribution in [0.4, 0.5) is 0 Å². The maximum Gasteiger partial charge on any atom is 0.341 e. The van der Waals surface area contributed by atoms with Crippen molar-refractivity contribution in [3.63, 3.8) is 0 Å². The van der Waals surface area contributed by atoms with Crippen LogP contribution in [0.5, 0.6) is 5.75 Å². The summed E-state index contributed by atoms with van der Waals surface area (Å²) in [5.41, 5.74) is 1.70. The Morgan fingerprint density at radius 1 is 1.35 bits per heavy atom. The molecule has 3 rings (SSSR count). The zero-order valence-electron chi connectivity index (χ0n) is 12.5. The molecule has 0 bridgehead atoms. The van der Waals surface area contributed by atoms with Crippen LogP contribution in [-0.4, -0.2) is 35.0 Å². The number of thiophene rings is 1. The van der Waals surface area contributed by atoms with E-state index in [1.807, 2.05) is 10.3 Å². The topological polar surface area (TPSA) is 66.8 Å². The molecular weight excluding hydrogens is 314 g/mol. The summed E-state index contributed by atoms with van der Waals surface area (Å²) >= 11 is 1.63. The number of aliphatic carboxylic acids is 1. The van der Waals surface area contributed by atoms with Gasteiger partial charge in [0.1, 0.15) is 5.75 Å². The van der Waals surface area contributed by atoms with Crippen LogP contribution in [-0.2, 0) is 4.79 Å². The van der Waals surface area contributed by atoms with Gasteiger partial charge in [0, 0.05) is 12.1 Å². The molecule has 1 N–H and O–H groups in total. The third kappa shape index (κ3) is 3.53. The SMILES string of the molecule is O=C(O)COc1cccc(C(=O)N2CCCC2c2ccsc2)c1. The minimum Gasteiger partial charge on any atom is -0.482 e. The second kappa shape index (κ2) is 6.83. The van der Waals surface area contributed by atoms with Crippen LogP contribution in [0, 0.1) is 0 Å². The van der Waals surface area contributed by atoms with Gasteiger partial charge in [0.2, 0.25) is 0 Å². The van der Waals surface area contributed by atoms with Gasteiger partial charge >= 0.3 is 5.97 Å². The minimum atomic E-state index is -1.04. The van der Waals surface area contributed by atoms with E-state index in [0.717, 1.165) is 19.4 Å². The molecule has 23 heavy (non-hydrogen) atoms. The number of carbonyl (C=O) groups excluding carboxylic acids is 1. The van der Waals surface area contributed by atoms with Crippen molar-refractivity contribution < 1.29 is 19.4 Å². The molecule has 2 heterocycles. The number of nitrogens with zero attached hydrogens (tertiary/aromatic N) is 1. The van der Waals surface area contributed by atoms with Crippen molar-refractivity contribution in [2.24, 2.45) is 0 Å². The van der Waals surface area contributed by atoms with Crippen molar-refractivity contribution in [2.45, 2.75) is 18.9 Å². The lowest BCUT2D eigenvalue weighted by Crippen LogP contribution is -2.30. The van der Waals surface area contributed by atoms with Gasteiger partial charge in [-0.25, -0.2) is 4.79 Å². The molecule has 1 fully saturated rings. The van der Waals surface area contributed by atoms with Crippen molar-refractivity contribution in [1.29, 1.82) is 0 Å². The number of carboxylic acids is 1. The maximum atomic E-state index is 12.8. The monoisotopic (exact) mass is 331 g/mol. The molecular formula is C17H17NO4S. The summed E-state index contributed by atoms with van der Waals surface area (Å²) in [6.07, 6.45) is 1.96. The Balaban J connectivity index is 1.77. The Bertz CT molecular complexity index is 698. The van der Waals surface area contributed by atoms with Crippen LogP contribution in [0.25, 0.3) is 0 Å². The lowest BCUT2D eigenvalue weighted by atomic mass is 10.1. The van der Waals surface area contributed by atoms with Crippen LogP contribution in [0.15, 0.2) is 41.1 Å². The third-order valence-electron chi connectivity index (χ3n) is 3.88. The average Bonchev–Trinajstić information content (AvgIpc) is 3.23. The largest absolute Gasteiger partial charge is 0.482 e. The van der Waals surface area contributed by atoms with Crippen molar-refractivity contribution in [3.05, 3.63) is 52.2 Å². The van der Waals surface area contributed by atoms with E-state index in [9.17, 15) is 9.59 Å². The summed E-state index contributed by atoms with van der Waals surface area (Å²) in [6, 6.07) is 8.89. The summed E-state index contributed by atoms with van der Waals surface area (Å²) in [4.78, 5) is 25.3. The molecule has 5 nitrogen and oxygen atoms in total. The van der Waals surface area contributed by atoms with E-state index in [2.05, 4.69) is 11.4 Å². The Hall–Kier alpha value is -2.34. The first-order chi connectivity index (χ1) is 11.1. The summed E-state index contributed by atoms with van der Waals surface area (Å²) < 4.78 is 5.15. The van der Waals surface area contributed by atoms with Crippen molar-refractivity contribution in [1.82, 2.24) is 4.90 Å². The van der Waals surface area contributed by atoms with E-state index in [4.69, 9.17) is 9.84 Å². The molecule has 1 unspecified atom stereocenters. The van der Waals surface area contributed by atoms with E-state index >= 15 is 0 Å². The predicted molar refractivity (Wildman–Crippen MR) is 86.9 cm³/mol. The molecule has 6 heteroatoms. The van der Waals surface area contributed by atoms with Gasteiger partial charge in [-0.1, -0.05) is 6.07 Å². The van der Waals surface area contributed by atoms with E-state index in [1.165, 1.54) is 5.56 Å². The van der Waals surface area contributed by atoms with E-state index < -0.39 is 12.6 Å². The Morgan fingerprint density at radius 2 is 2.22 bits per heavy atom. The predicted octanol–water partition coefficient (Wildman–Crippen LogP) is 3.19. The number of carbonyl (C=O) groups is 2. The van der Waals surface area contributed by atoms with Gasteiger partial charge in [0.25, 0.3) is 5.91 Å². The van der Waals surface area contributed by atoms with Crippen LogP contribution in [0.2, 0.25) is 0 Å². The lowest BCUT2D eigenvalue weighted by molar-refractivity contribution is -0.139.